The highest BCUT2D eigenvalue weighted by atomic mass is 15.3. The summed E-state index contributed by atoms with van der Waals surface area (Å²) < 4.78 is 1.91. The first kappa shape index (κ1) is 13.2. The van der Waals surface area contributed by atoms with E-state index in [0.29, 0.717) is 0 Å². The smallest absolute Gasteiger partial charge is 0.0518 e. The van der Waals surface area contributed by atoms with Crippen LogP contribution in [-0.4, -0.2) is 40.9 Å². The van der Waals surface area contributed by atoms with Gasteiger partial charge in [-0.25, -0.2) is 0 Å². The predicted octanol–water partition coefficient (Wildman–Crippen LogP) is 1.24. The number of nitrogens with zero attached hydrogens (tertiary/aromatic N) is 3. The largest absolute Gasteiger partial charge is 0.310 e. The van der Waals surface area contributed by atoms with Crippen molar-refractivity contribution >= 4 is 0 Å². The Morgan fingerprint density at radius 3 is 2.75 bits per heavy atom. The van der Waals surface area contributed by atoms with Crippen molar-refractivity contribution < 1.29 is 0 Å². The number of hydrogen-bond acceptors (Lipinski definition) is 3. The van der Waals surface area contributed by atoms with Crippen LogP contribution in [0, 0.1) is 0 Å². The van der Waals surface area contributed by atoms with E-state index in [-0.39, 0.29) is 0 Å². The molecule has 0 saturated heterocycles. The molecule has 0 fully saturated rings. The molecule has 0 saturated carbocycles. The highest BCUT2D eigenvalue weighted by Crippen LogP contribution is 1.95. The molecule has 1 heterocycles. The minimum absolute atomic E-state index is 0.903. The summed E-state index contributed by atoms with van der Waals surface area (Å²) >= 11 is 0. The molecule has 0 spiro atoms. The summed E-state index contributed by atoms with van der Waals surface area (Å²) in [6, 6.07) is 2.05. The second-order valence-corrected chi connectivity index (χ2v) is 4.06. The molecule has 1 rings (SSSR count). The van der Waals surface area contributed by atoms with Crippen LogP contribution in [0.5, 0.6) is 0 Å². The van der Waals surface area contributed by atoms with Gasteiger partial charge in [-0.15, -0.1) is 0 Å². The maximum atomic E-state index is 4.14. The van der Waals surface area contributed by atoms with E-state index in [4.69, 9.17) is 0 Å². The first-order valence-corrected chi connectivity index (χ1v) is 6.17. The molecule has 0 aliphatic heterocycles. The molecule has 1 N–H and O–H groups in total. The van der Waals surface area contributed by atoms with E-state index in [9.17, 15) is 0 Å². The Kier molecular flexibility index (Phi) is 6.11. The van der Waals surface area contributed by atoms with Gasteiger partial charge in [0.15, 0.2) is 0 Å². The summed E-state index contributed by atoms with van der Waals surface area (Å²) in [5, 5.41) is 7.59. The van der Waals surface area contributed by atoms with Crippen LogP contribution in [0.2, 0.25) is 0 Å². The van der Waals surface area contributed by atoms with Gasteiger partial charge in [-0.1, -0.05) is 13.8 Å². The van der Waals surface area contributed by atoms with Crippen LogP contribution in [0.15, 0.2) is 12.3 Å². The summed E-state index contributed by atoms with van der Waals surface area (Å²) in [6.07, 6.45) is 3.07. The van der Waals surface area contributed by atoms with E-state index in [0.717, 1.165) is 26.2 Å². The standard InChI is InChI=1S/C12H24N4/c1-4-9-16(5-2)10-8-13-11-12-6-7-14-15(12)3/h6-7,13H,4-5,8-11H2,1-3H3. The quantitative estimate of drug-likeness (QED) is 0.675. The highest BCUT2D eigenvalue weighted by molar-refractivity contribution is 4.98. The maximum absolute atomic E-state index is 4.14. The van der Waals surface area contributed by atoms with Crippen LogP contribution >= 0.6 is 0 Å². The van der Waals surface area contributed by atoms with Gasteiger partial charge in [-0.3, -0.25) is 4.68 Å². The van der Waals surface area contributed by atoms with Crippen molar-refractivity contribution in [3.05, 3.63) is 18.0 Å². The first-order valence-electron chi connectivity index (χ1n) is 6.17. The lowest BCUT2D eigenvalue weighted by Gasteiger charge is -2.19. The van der Waals surface area contributed by atoms with Gasteiger partial charge in [-0.05, 0) is 25.6 Å². The molecule has 4 heteroatoms. The van der Waals surface area contributed by atoms with Crippen molar-refractivity contribution in [2.45, 2.75) is 26.8 Å². The van der Waals surface area contributed by atoms with E-state index < -0.39 is 0 Å². The van der Waals surface area contributed by atoms with Crippen molar-refractivity contribution in [1.29, 1.82) is 0 Å². The molecule has 16 heavy (non-hydrogen) atoms. The fourth-order valence-electron chi connectivity index (χ4n) is 1.77. The Morgan fingerprint density at radius 1 is 1.38 bits per heavy atom. The molecule has 0 aliphatic rings. The SMILES string of the molecule is CCCN(CC)CCNCc1ccnn1C. The average molecular weight is 224 g/mol. The second kappa shape index (κ2) is 7.41. The van der Waals surface area contributed by atoms with E-state index in [1.165, 1.54) is 18.7 Å². The molecule has 0 unspecified atom stereocenters. The minimum atomic E-state index is 0.903. The Bertz CT molecular complexity index is 282. The van der Waals surface area contributed by atoms with Gasteiger partial charge in [-0.2, -0.15) is 5.10 Å². The summed E-state index contributed by atoms with van der Waals surface area (Å²) in [4.78, 5) is 2.47. The number of nitrogens with one attached hydrogen (secondary N) is 1. The third kappa shape index (κ3) is 4.33. The zero-order valence-corrected chi connectivity index (χ0v) is 10.7. The number of aromatic nitrogens is 2. The molecule has 0 radical (unpaired) electrons. The number of hydrogen-bond donors (Lipinski definition) is 1. The Morgan fingerprint density at radius 2 is 2.19 bits per heavy atom. The zero-order valence-electron chi connectivity index (χ0n) is 10.7. The first-order chi connectivity index (χ1) is 7.77. The lowest BCUT2D eigenvalue weighted by molar-refractivity contribution is 0.287. The monoisotopic (exact) mass is 224 g/mol. The summed E-state index contributed by atoms with van der Waals surface area (Å²) in [5.41, 5.74) is 1.23. The van der Waals surface area contributed by atoms with E-state index in [2.05, 4.69) is 35.2 Å². The molecule has 92 valence electrons. The lowest BCUT2D eigenvalue weighted by Crippen LogP contribution is -2.32. The highest BCUT2D eigenvalue weighted by Gasteiger charge is 2.01. The van der Waals surface area contributed by atoms with Gasteiger partial charge in [0.1, 0.15) is 0 Å². The second-order valence-electron chi connectivity index (χ2n) is 4.06. The van der Waals surface area contributed by atoms with Crippen molar-refractivity contribution in [3.8, 4) is 0 Å². The summed E-state index contributed by atoms with van der Waals surface area (Å²) in [7, 11) is 1.98. The molecule has 0 amide bonds. The van der Waals surface area contributed by atoms with Crippen molar-refractivity contribution in [2.24, 2.45) is 7.05 Å². The molecule has 1 aromatic heterocycles. The minimum Gasteiger partial charge on any atom is -0.310 e. The van der Waals surface area contributed by atoms with E-state index in [1.54, 1.807) is 0 Å². The lowest BCUT2D eigenvalue weighted by atomic mass is 10.4. The van der Waals surface area contributed by atoms with Gasteiger partial charge in [0.25, 0.3) is 0 Å². The van der Waals surface area contributed by atoms with Crippen LogP contribution < -0.4 is 5.32 Å². The normalized spacial score (nSPS) is 11.2. The fraction of sp³-hybridized carbons (Fsp3) is 0.750. The van der Waals surface area contributed by atoms with Crippen LogP contribution in [0.25, 0.3) is 0 Å². The molecular weight excluding hydrogens is 200 g/mol. The molecule has 0 aliphatic carbocycles. The molecule has 0 aromatic carbocycles. The molecule has 0 bridgehead atoms. The average Bonchev–Trinajstić information content (AvgIpc) is 2.69. The van der Waals surface area contributed by atoms with Gasteiger partial charge in [0, 0.05) is 32.9 Å². The van der Waals surface area contributed by atoms with Gasteiger partial charge in [0.2, 0.25) is 0 Å². The molecule has 4 nitrogen and oxygen atoms in total. The van der Waals surface area contributed by atoms with Crippen LogP contribution in [0.4, 0.5) is 0 Å². The van der Waals surface area contributed by atoms with Crippen molar-refractivity contribution in [1.82, 2.24) is 20.0 Å². The predicted molar refractivity (Wildman–Crippen MR) is 67.3 cm³/mol. The topological polar surface area (TPSA) is 33.1 Å². The molecule has 1 aromatic rings. The van der Waals surface area contributed by atoms with Crippen molar-refractivity contribution in [2.75, 3.05) is 26.2 Å². The maximum Gasteiger partial charge on any atom is 0.0518 e. The zero-order chi connectivity index (χ0) is 11.8. The van der Waals surface area contributed by atoms with Gasteiger partial charge >= 0.3 is 0 Å². The van der Waals surface area contributed by atoms with Gasteiger partial charge in [0.05, 0.1) is 5.69 Å². The third-order valence-electron chi connectivity index (χ3n) is 2.82. The summed E-state index contributed by atoms with van der Waals surface area (Å²) in [5.74, 6) is 0. The van der Waals surface area contributed by atoms with E-state index >= 15 is 0 Å². The van der Waals surface area contributed by atoms with Gasteiger partial charge < -0.3 is 10.2 Å². The van der Waals surface area contributed by atoms with E-state index in [1.807, 2.05) is 17.9 Å². The van der Waals surface area contributed by atoms with Crippen LogP contribution in [-0.2, 0) is 13.6 Å². The Hall–Kier alpha value is -0.870. The number of likely N-dealkylation sites (N-methyl/N-ethyl adjacent to an activating group) is 1. The third-order valence-corrected chi connectivity index (χ3v) is 2.82. The van der Waals surface area contributed by atoms with Crippen LogP contribution in [0.1, 0.15) is 26.0 Å². The number of rotatable bonds is 8. The molecular formula is C12H24N4. The Balaban J connectivity index is 2.14. The fourth-order valence-corrected chi connectivity index (χ4v) is 1.77. The van der Waals surface area contributed by atoms with Crippen molar-refractivity contribution in [3.63, 3.8) is 0 Å². The molecule has 0 atom stereocenters. The Labute approximate surface area is 98.6 Å². The van der Waals surface area contributed by atoms with Crippen LogP contribution in [0.3, 0.4) is 0 Å². The summed E-state index contributed by atoms with van der Waals surface area (Å²) in [6.45, 7) is 9.86. The number of aryl methyl sites for hydroxylation is 1.